The van der Waals surface area contributed by atoms with Crippen molar-refractivity contribution in [3.8, 4) is 0 Å². The average molecular weight is 366 g/mol. The van der Waals surface area contributed by atoms with Crippen LogP contribution in [0.4, 0.5) is 11.4 Å². The molecule has 7 heteroatoms. The lowest BCUT2D eigenvalue weighted by Gasteiger charge is -2.17. The van der Waals surface area contributed by atoms with Gasteiger partial charge in [-0.15, -0.1) is 0 Å². The second-order valence-electron chi connectivity index (χ2n) is 7.30. The van der Waals surface area contributed by atoms with Crippen LogP contribution in [0.2, 0.25) is 0 Å². The Kier molecular flexibility index (Phi) is 4.53. The minimum absolute atomic E-state index is 0.0594. The van der Waals surface area contributed by atoms with Crippen LogP contribution in [0.15, 0.2) is 48.5 Å². The van der Waals surface area contributed by atoms with Gasteiger partial charge in [0.15, 0.2) is 0 Å². The van der Waals surface area contributed by atoms with Crippen molar-refractivity contribution >= 4 is 17.3 Å². The van der Waals surface area contributed by atoms with E-state index in [9.17, 15) is 14.9 Å². The monoisotopic (exact) mass is 366 g/mol. The quantitative estimate of drug-likeness (QED) is 0.626. The first-order valence-electron chi connectivity index (χ1n) is 9.17. The van der Waals surface area contributed by atoms with Crippen LogP contribution >= 0.6 is 0 Å². The Morgan fingerprint density at radius 1 is 1.15 bits per heavy atom. The van der Waals surface area contributed by atoms with Gasteiger partial charge < -0.3 is 16.0 Å². The van der Waals surface area contributed by atoms with Crippen molar-refractivity contribution in [2.45, 2.75) is 30.8 Å². The van der Waals surface area contributed by atoms with E-state index in [1.807, 2.05) is 30.3 Å². The summed E-state index contributed by atoms with van der Waals surface area (Å²) in [7, 11) is 0. The van der Waals surface area contributed by atoms with Crippen LogP contribution < -0.4 is 11.1 Å². The number of carbonyl (C=O) groups excluding carboxylic acids is 1. The Labute approximate surface area is 157 Å². The highest BCUT2D eigenvalue weighted by atomic mass is 16.6. The zero-order valence-corrected chi connectivity index (χ0v) is 14.9. The van der Waals surface area contributed by atoms with Crippen LogP contribution in [0, 0.1) is 10.1 Å². The number of hydrogen-bond acceptors (Lipinski definition) is 5. The van der Waals surface area contributed by atoms with Crippen LogP contribution in [0.3, 0.4) is 0 Å². The molecule has 0 unspecified atom stereocenters. The molecule has 2 atom stereocenters. The summed E-state index contributed by atoms with van der Waals surface area (Å²) in [5, 5.41) is 14.6. The molecular weight excluding hydrogens is 344 g/mol. The number of benzene rings is 2. The smallest absolute Gasteiger partial charge is 0.293 e. The Balaban J connectivity index is 1.54. The van der Waals surface area contributed by atoms with E-state index in [4.69, 9.17) is 5.73 Å². The molecule has 27 heavy (non-hydrogen) atoms. The molecule has 2 fully saturated rings. The van der Waals surface area contributed by atoms with Crippen LogP contribution in [0.1, 0.15) is 34.7 Å². The molecule has 1 heterocycles. The maximum absolute atomic E-state index is 12.9. The Hall–Kier alpha value is -2.93. The summed E-state index contributed by atoms with van der Waals surface area (Å²) < 4.78 is 0. The topological polar surface area (TPSA) is 102 Å². The maximum atomic E-state index is 12.9. The molecule has 0 radical (unpaired) electrons. The normalized spacial score (nSPS) is 21.9. The van der Waals surface area contributed by atoms with Crippen molar-refractivity contribution < 1.29 is 9.72 Å². The Morgan fingerprint density at radius 2 is 1.89 bits per heavy atom. The summed E-state index contributed by atoms with van der Waals surface area (Å²) in [6, 6.07) is 14.7. The molecule has 140 valence electrons. The summed E-state index contributed by atoms with van der Waals surface area (Å²) in [4.78, 5) is 25.6. The third-order valence-electron chi connectivity index (χ3n) is 5.26. The number of anilines is 1. The third kappa shape index (κ3) is 3.64. The summed E-state index contributed by atoms with van der Waals surface area (Å²) in [5.41, 5.74) is 8.11. The highest BCUT2D eigenvalue weighted by molar-refractivity contribution is 5.96. The molecule has 1 amide bonds. The molecule has 4 rings (SSSR count). The van der Waals surface area contributed by atoms with Gasteiger partial charge in [0.1, 0.15) is 5.69 Å². The fourth-order valence-electron chi connectivity index (χ4n) is 3.62. The van der Waals surface area contributed by atoms with Crippen LogP contribution in [0.25, 0.3) is 0 Å². The van der Waals surface area contributed by atoms with Crippen LogP contribution in [-0.2, 0) is 0 Å². The van der Waals surface area contributed by atoms with E-state index in [0.29, 0.717) is 30.4 Å². The number of nitrogens with two attached hydrogens (primary N) is 1. The van der Waals surface area contributed by atoms with Gasteiger partial charge in [-0.3, -0.25) is 14.9 Å². The van der Waals surface area contributed by atoms with E-state index in [1.54, 1.807) is 17.0 Å². The van der Waals surface area contributed by atoms with E-state index in [1.165, 1.54) is 6.07 Å². The SMILES string of the molecule is N[C@@H]1CN(C(=O)c2ccc(NC3CC3)c([N+](=O)[O-])c2)C[C@H]1c1ccccc1. The predicted octanol–water partition coefficient (Wildman–Crippen LogP) is 2.74. The number of carbonyl (C=O) groups is 1. The summed E-state index contributed by atoms with van der Waals surface area (Å²) in [6.45, 7) is 0.953. The van der Waals surface area contributed by atoms with Gasteiger partial charge in [0.05, 0.1) is 4.92 Å². The number of rotatable bonds is 5. The molecule has 0 spiro atoms. The predicted molar refractivity (Wildman–Crippen MR) is 103 cm³/mol. The molecule has 1 aliphatic carbocycles. The number of amides is 1. The first-order valence-corrected chi connectivity index (χ1v) is 9.17. The molecule has 3 N–H and O–H groups in total. The molecule has 1 saturated heterocycles. The van der Waals surface area contributed by atoms with Gasteiger partial charge in [-0.25, -0.2) is 0 Å². The number of nitrogens with zero attached hydrogens (tertiary/aromatic N) is 2. The highest BCUT2D eigenvalue weighted by Gasteiger charge is 2.35. The van der Waals surface area contributed by atoms with Crippen molar-refractivity contribution in [3.63, 3.8) is 0 Å². The number of nitro benzene ring substituents is 1. The van der Waals surface area contributed by atoms with Crippen molar-refractivity contribution in [1.82, 2.24) is 4.90 Å². The van der Waals surface area contributed by atoms with E-state index < -0.39 is 4.92 Å². The first kappa shape index (κ1) is 17.5. The first-order chi connectivity index (χ1) is 13.0. The van der Waals surface area contributed by atoms with Crippen molar-refractivity contribution in [1.29, 1.82) is 0 Å². The molecule has 2 aliphatic rings. The van der Waals surface area contributed by atoms with Crippen molar-refractivity contribution in [3.05, 3.63) is 69.8 Å². The van der Waals surface area contributed by atoms with Gasteiger partial charge in [0.2, 0.25) is 0 Å². The minimum atomic E-state index is -0.440. The number of hydrogen-bond donors (Lipinski definition) is 2. The molecule has 2 aromatic carbocycles. The number of nitrogens with one attached hydrogen (secondary N) is 1. The van der Waals surface area contributed by atoms with E-state index in [0.717, 1.165) is 18.4 Å². The van der Waals surface area contributed by atoms with Crippen LogP contribution in [-0.4, -0.2) is 40.9 Å². The fourth-order valence-corrected chi connectivity index (χ4v) is 3.62. The second kappa shape index (κ2) is 7.00. The number of likely N-dealkylation sites (tertiary alicyclic amines) is 1. The summed E-state index contributed by atoms with van der Waals surface area (Å²) in [5.74, 6) is -0.147. The van der Waals surface area contributed by atoms with Gasteiger partial charge in [-0.2, -0.15) is 0 Å². The Morgan fingerprint density at radius 3 is 2.56 bits per heavy atom. The molecular formula is C20H22N4O3. The highest BCUT2D eigenvalue weighted by Crippen LogP contribution is 2.33. The largest absolute Gasteiger partial charge is 0.377 e. The van der Waals surface area contributed by atoms with Crippen molar-refractivity contribution in [2.75, 3.05) is 18.4 Å². The van der Waals surface area contributed by atoms with Gasteiger partial charge in [-0.05, 0) is 30.5 Å². The summed E-state index contributed by atoms with van der Waals surface area (Å²) in [6.07, 6.45) is 2.04. The zero-order valence-electron chi connectivity index (χ0n) is 14.9. The lowest BCUT2D eigenvalue weighted by molar-refractivity contribution is -0.384. The van der Waals surface area contributed by atoms with Gasteiger partial charge >= 0.3 is 0 Å². The molecule has 0 aromatic heterocycles. The Bertz CT molecular complexity index is 867. The zero-order chi connectivity index (χ0) is 19.0. The molecule has 1 saturated carbocycles. The lowest BCUT2D eigenvalue weighted by atomic mass is 9.95. The van der Waals surface area contributed by atoms with Gasteiger partial charge in [-0.1, -0.05) is 30.3 Å². The summed E-state index contributed by atoms with van der Waals surface area (Å²) >= 11 is 0. The van der Waals surface area contributed by atoms with Gasteiger partial charge in [0.25, 0.3) is 11.6 Å². The van der Waals surface area contributed by atoms with Crippen LogP contribution in [0.5, 0.6) is 0 Å². The molecule has 1 aliphatic heterocycles. The minimum Gasteiger partial charge on any atom is -0.377 e. The molecule has 2 aromatic rings. The fraction of sp³-hybridized carbons (Fsp3) is 0.350. The van der Waals surface area contributed by atoms with E-state index >= 15 is 0 Å². The molecule has 7 nitrogen and oxygen atoms in total. The average Bonchev–Trinajstić information content (AvgIpc) is 3.41. The van der Waals surface area contributed by atoms with Gasteiger partial charge in [0, 0.05) is 42.7 Å². The maximum Gasteiger partial charge on any atom is 0.293 e. The van der Waals surface area contributed by atoms with Crippen molar-refractivity contribution in [2.24, 2.45) is 5.73 Å². The van der Waals surface area contributed by atoms with E-state index in [-0.39, 0.29) is 23.6 Å². The third-order valence-corrected chi connectivity index (χ3v) is 5.26. The standard InChI is InChI=1S/C20H22N4O3/c21-17-12-23(11-16(17)13-4-2-1-3-5-13)20(25)14-6-9-18(22-15-7-8-15)19(10-14)24(26)27/h1-6,9-10,15-17,22H,7-8,11-12,21H2/t16-,17+/m0/s1. The number of nitro groups is 1. The van der Waals surface area contributed by atoms with E-state index in [2.05, 4.69) is 5.32 Å². The molecule has 0 bridgehead atoms. The lowest BCUT2D eigenvalue weighted by Crippen LogP contribution is -2.32. The second-order valence-corrected chi connectivity index (χ2v) is 7.30.